The molecule has 0 aliphatic heterocycles. The van der Waals surface area contributed by atoms with E-state index >= 15 is 0 Å². The van der Waals surface area contributed by atoms with Gasteiger partial charge in [0, 0.05) is 18.7 Å². The van der Waals surface area contributed by atoms with Crippen LogP contribution in [0.5, 0.6) is 0 Å². The Morgan fingerprint density at radius 3 is 2.30 bits per heavy atom. The van der Waals surface area contributed by atoms with Gasteiger partial charge in [-0.3, -0.25) is 4.79 Å². The van der Waals surface area contributed by atoms with Crippen LogP contribution in [0.4, 0.5) is 0 Å². The molecule has 3 heteroatoms. The molecule has 0 fully saturated rings. The third kappa shape index (κ3) is 2.41. The van der Waals surface area contributed by atoms with Gasteiger partial charge in [-0.1, -0.05) is 12.1 Å². The molecule has 0 bridgehead atoms. The number of benzene rings is 1. The molecule has 0 aliphatic rings. The lowest BCUT2D eigenvalue weighted by molar-refractivity contribution is 0.719. The second-order valence-corrected chi connectivity index (χ2v) is 5.24. The van der Waals surface area contributed by atoms with Gasteiger partial charge in [-0.2, -0.15) is 0 Å². The van der Waals surface area contributed by atoms with E-state index in [2.05, 4.69) is 38.1 Å². The maximum Gasteiger partial charge on any atom is 0.255 e. The Balaban J connectivity index is 2.73. The zero-order valence-corrected chi connectivity index (χ0v) is 12.7. The minimum Gasteiger partial charge on any atom is -0.326 e. The average molecular weight is 270 g/mol. The Morgan fingerprint density at radius 2 is 1.75 bits per heavy atom. The molecule has 0 aliphatic carbocycles. The normalized spacial score (nSPS) is 10.8. The molecule has 106 valence electrons. The van der Waals surface area contributed by atoms with Crippen molar-refractivity contribution < 1.29 is 0 Å². The molecule has 1 heterocycles. The van der Waals surface area contributed by atoms with Crippen LogP contribution in [0.3, 0.4) is 0 Å². The topological polar surface area (TPSA) is 48.0 Å². The van der Waals surface area contributed by atoms with Crippen LogP contribution in [0.15, 0.2) is 29.1 Å². The highest BCUT2D eigenvalue weighted by Gasteiger charge is 2.12. The second-order valence-electron chi connectivity index (χ2n) is 5.24. The van der Waals surface area contributed by atoms with E-state index < -0.39 is 0 Å². The van der Waals surface area contributed by atoms with Crippen molar-refractivity contribution in [1.82, 2.24) is 4.57 Å². The Bertz CT molecular complexity index is 699. The summed E-state index contributed by atoms with van der Waals surface area (Å²) >= 11 is 0. The van der Waals surface area contributed by atoms with Crippen molar-refractivity contribution in [3.63, 3.8) is 0 Å². The monoisotopic (exact) mass is 270 g/mol. The summed E-state index contributed by atoms with van der Waals surface area (Å²) in [7, 11) is 0. The number of nitrogens with two attached hydrogens (primary N) is 1. The Hall–Kier alpha value is -1.87. The van der Waals surface area contributed by atoms with Gasteiger partial charge in [-0.15, -0.1) is 0 Å². The van der Waals surface area contributed by atoms with Crippen molar-refractivity contribution in [2.75, 3.05) is 0 Å². The van der Waals surface area contributed by atoms with Crippen molar-refractivity contribution in [2.45, 2.75) is 40.8 Å². The Kier molecular flexibility index (Phi) is 4.09. The molecule has 2 rings (SSSR count). The lowest BCUT2D eigenvalue weighted by Gasteiger charge is -2.16. The van der Waals surface area contributed by atoms with Crippen LogP contribution in [0.1, 0.15) is 29.2 Å². The molecule has 0 spiro atoms. The number of rotatable bonds is 3. The predicted octanol–water partition coefficient (Wildman–Crippen LogP) is 2.92. The molecule has 1 aromatic heterocycles. The molecular formula is C17H22N2O. The van der Waals surface area contributed by atoms with Gasteiger partial charge in [0.15, 0.2) is 0 Å². The molecule has 20 heavy (non-hydrogen) atoms. The van der Waals surface area contributed by atoms with Crippen molar-refractivity contribution in [1.29, 1.82) is 0 Å². The number of aryl methyl sites for hydroxylation is 3. The lowest BCUT2D eigenvalue weighted by Crippen LogP contribution is -2.27. The van der Waals surface area contributed by atoms with Gasteiger partial charge < -0.3 is 10.3 Å². The first-order chi connectivity index (χ1) is 9.49. The van der Waals surface area contributed by atoms with E-state index in [0.29, 0.717) is 12.1 Å². The molecule has 0 radical (unpaired) electrons. The van der Waals surface area contributed by atoms with Gasteiger partial charge in [-0.25, -0.2) is 0 Å². The van der Waals surface area contributed by atoms with E-state index in [1.54, 1.807) is 4.57 Å². The summed E-state index contributed by atoms with van der Waals surface area (Å²) in [6.07, 6.45) is 0. The minimum absolute atomic E-state index is 0.0308. The fraction of sp³-hybridized carbons (Fsp3) is 0.353. The summed E-state index contributed by atoms with van der Waals surface area (Å²) in [4.78, 5) is 12.5. The first kappa shape index (κ1) is 14.5. The number of pyridine rings is 1. The lowest BCUT2D eigenvalue weighted by atomic mass is 10.0. The van der Waals surface area contributed by atoms with E-state index in [4.69, 9.17) is 5.73 Å². The Labute approximate surface area is 120 Å². The van der Waals surface area contributed by atoms with Crippen LogP contribution in [0, 0.1) is 20.8 Å². The van der Waals surface area contributed by atoms with E-state index in [-0.39, 0.29) is 12.1 Å². The van der Waals surface area contributed by atoms with E-state index in [1.807, 2.05) is 13.8 Å². The van der Waals surface area contributed by atoms with Gasteiger partial charge >= 0.3 is 0 Å². The van der Waals surface area contributed by atoms with Crippen LogP contribution < -0.4 is 11.3 Å². The van der Waals surface area contributed by atoms with E-state index in [1.165, 1.54) is 11.1 Å². The van der Waals surface area contributed by atoms with Crippen LogP contribution in [-0.2, 0) is 13.1 Å². The number of hydrogen-bond donors (Lipinski definition) is 1. The zero-order chi connectivity index (χ0) is 14.9. The van der Waals surface area contributed by atoms with Crippen LogP contribution in [0.2, 0.25) is 0 Å². The van der Waals surface area contributed by atoms with Gasteiger partial charge in [0.05, 0.1) is 5.69 Å². The molecule has 0 unspecified atom stereocenters. The van der Waals surface area contributed by atoms with Crippen LogP contribution in [0.25, 0.3) is 11.3 Å². The SMILES string of the molecule is CCn1c(-c2ccc(C)c(C)c2)cc(C)c(CN)c1=O. The van der Waals surface area contributed by atoms with E-state index in [0.717, 1.165) is 16.8 Å². The standard InChI is InChI=1S/C17H22N2O/c1-5-19-16(9-13(4)15(10-18)17(19)20)14-7-6-11(2)12(3)8-14/h6-9H,5,10,18H2,1-4H3. The molecule has 0 saturated carbocycles. The van der Waals surface area contributed by atoms with Crippen LogP contribution >= 0.6 is 0 Å². The maximum absolute atomic E-state index is 12.5. The molecular weight excluding hydrogens is 248 g/mol. The first-order valence-electron chi connectivity index (χ1n) is 7.00. The third-order valence-electron chi connectivity index (χ3n) is 3.95. The van der Waals surface area contributed by atoms with Gasteiger partial charge in [0.1, 0.15) is 0 Å². The second kappa shape index (κ2) is 5.63. The highest BCUT2D eigenvalue weighted by Crippen LogP contribution is 2.23. The largest absolute Gasteiger partial charge is 0.326 e. The Morgan fingerprint density at radius 1 is 1.05 bits per heavy atom. The zero-order valence-electron chi connectivity index (χ0n) is 12.7. The highest BCUT2D eigenvalue weighted by atomic mass is 16.1. The number of hydrogen-bond acceptors (Lipinski definition) is 2. The van der Waals surface area contributed by atoms with Crippen molar-refractivity contribution >= 4 is 0 Å². The third-order valence-corrected chi connectivity index (χ3v) is 3.95. The summed E-state index contributed by atoms with van der Waals surface area (Å²) in [5.41, 5.74) is 11.9. The maximum atomic E-state index is 12.5. The highest BCUT2D eigenvalue weighted by molar-refractivity contribution is 5.63. The summed E-state index contributed by atoms with van der Waals surface area (Å²) < 4.78 is 1.80. The molecule has 2 N–H and O–H groups in total. The summed E-state index contributed by atoms with van der Waals surface area (Å²) in [6, 6.07) is 8.38. The van der Waals surface area contributed by atoms with Crippen LogP contribution in [-0.4, -0.2) is 4.57 Å². The number of nitrogens with zero attached hydrogens (tertiary/aromatic N) is 1. The average Bonchev–Trinajstić information content (AvgIpc) is 2.42. The van der Waals surface area contributed by atoms with E-state index in [9.17, 15) is 4.79 Å². The summed E-state index contributed by atoms with van der Waals surface area (Å²) in [6.45, 7) is 9.06. The van der Waals surface area contributed by atoms with Gasteiger partial charge in [0.25, 0.3) is 5.56 Å². The summed E-state index contributed by atoms with van der Waals surface area (Å²) in [5, 5.41) is 0. The molecule has 0 atom stereocenters. The van der Waals surface area contributed by atoms with Crippen molar-refractivity contribution in [3.8, 4) is 11.3 Å². The van der Waals surface area contributed by atoms with Crippen molar-refractivity contribution in [3.05, 3.63) is 56.9 Å². The van der Waals surface area contributed by atoms with Gasteiger partial charge in [0.2, 0.25) is 0 Å². The predicted molar refractivity (Wildman–Crippen MR) is 83.9 cm³/mol. The molecule has 0 saturated heterocycles. The van der Waals surface area contributed by atoms with Gasteiger partial charge in [-0.05, 0) is 62.1 Å². The minimum atomic E-state index is 0.0308. The molecule has 0 amide bonds. The summed E-state index contributed by atoms with van der Waals surface area (Å²) in [5.74, 6) is 0. The smallest absolute Gasteiger partial charge is 0.255 e. The first-order valence-corrected chi connectivity index (χ1v) is 7.00. The molecule has 2 aromatic rings. The fourth-order valence-electron chi connectivity index (χ4n) is 2.51. The van der Waals surface area contributed by atoms with Crippen molar-refractivity contribution in [2.24, 2.45) is 5.73 Å². The molecule has 1 aromatic carbocycles. The quantitative estimate of drug-likeness (QED) is 0.932. The number of aromatic nitrogens is 1. The molecule has 3 nitrogen and oxygen atoms in total. The fourth-order valence-corrected chi connectivity index (χ4v) is 2.51.